The van der Waals surface area contributed by atoms with Gasteiger partial charge in [-0.05, 0) is 50.9 Å². The first-order chi connectivity index (χ1) is 11.0. The molecule has 1 unspecified atom stereocenters. The van der Waals surface area contributed by atoms with Gasteiger partial charge in [-0.15, -0.1) is 0 Å². The summed E-state index contributed by atoms with van der Waals surface area (Å²) >= 11 is 0. The molecule has 1 aromatic carbocycles. The van der Waals surface area contributed by atoms with Crippen molar-refractivity contribution < 1.29 is 9.59 Å². The first kappa shape index (κ1) is 17.5. The molecule has 5 heteroatoms. The highest BCUT2D eigenvalue weighted by Crippen LogP contribution is 2.14. The number of piperidine rings is 1. The van der Waals surface area contributed by atoms with E-state index in [1.165, 1.54) is 6.42 Å². The lowest BCUT2D eigenvalue weighted by molar-refractivity contribution is -0.137. The van der Waals surface area contributed by atoms with Gasteiger partial charge in [0.15, 0.2) is 0 Å². The van der Waals surface area contributed by atoms with Crippen LogP contribution in [0.5, 0.6) is 0 Å². The van der Waals surface area contributed by atoms with E-state index in [-0.39, 0.29) is 17.9 Å². The summed E-state index contributed by atoms with van der Waals surface area (Å²) in [5, 5.41) is 2.61. The number of hydrogen-bond acceptors (Lipinski definition) is 3. The van der Waals surface area contributed by atoms with Gasteiger partial charge in [0.2, 0.25) is 5.91 Å². The maximum absolute atomic E-state index is 12.5. The number of nitrogens with zero attached hydrogens (tertiary/aromatic N) is 2. The highest BCUT2D eigenvalue weighted by Gasteiger charge is 2.24. The van der Waals surface area contributed by atoms with Crippen LogP contribution < -0.4 is 5.32 Å². The van der Waals surface area contributed by atoms with Crippen LogP contribution in [0.3, 0.4) is 0 Å². The first-order valence-electron chi connectivity index (χ1n) is 8.33. The van der Waals surface area contributed by atoms with Crippen LogP contribution in [0, 0.1) is 0 Å². The van der Waals surface area contributed by atoms with Gasteiger partial charge < -0.3 is 10.2 Å². The molecule has 2 amide bonds. The van der Waals surface area contributed by atoms with Gasteiger partial charge in [0.25, 0.3) is 5.91 Å². The third kappa shape index (κ3) is 4.55. The van der Waals surface area contributed by atoms with E-state index in [1.807, 2.05) is 43.1 Å². The normalized spacial score (nSPS) is 16.3. The van der Waals surface area contributed by atoms with Crippen LogP contribution in [0.25, 0.3) is 0 Å². The number of carbonyl (C=O) groups excluding carboxylic acids is 2. The van der Waals surface area contributed by atoms with E-state index < -0.39 is 0 Å². The molecule has 5 nitrogen and oxygen atoms in total. The fraction of sp³-hybridized carbons (Fsp3) is 0.556. The molecule has 1 saturated heterocycles. The Hall–Kier alpha value is -1.88. The monoisotopic (exact) mass is 317 g/mol. The van der Waals surface area contributed by atoms with Crippen molar-refractivity contribution in [1.82, 2.24) is 15.1 Å². The molecule has 1 aliphatic rings. The Balaban J connectivity index is 1.93. The minimum atomic E-state index is -0.133. The summed E-state index contributed by atoms with van der Waals surface area (Å²) in [4.78, 5) is 28.1. The fourth-order valence-corrected chi connectivity index (χ4v) is 2.90. The minimum Gasteiger partial charge on any atom is -0.355 e. The van der Waals surface area contributed by atoms with Crippen LogP contribution in [0.15, 0.2) is 24.3 Å². The first-order valence-corrected chi connectivity index (χ1v) is 8.33. The lowest BCUT2D eigenvalue weighted by atomic mass is 10.1. The molecule has 0 aliphatic carbocycles. The standard InChI is InChI=1S/C18H27N3O2/c1-14(18(23)21-11-5-4-6-12-21)20(3)13-15-7-9-16(10-8-15)17(22)19-2/h7-10,14H,4-6,11-13H2,1-3H3,(H,19,22). The molecule has 1 N–H and O–H groups in total. The second-order valence-corrected chi connectivity index (χ2v) is 6.25. The van der Waals surface area contributed by atoms with Crippen molar-refractivity contribution >= 4 is 11.8 Å². The summed E-state index contributed by atoms with van der Waals surface area (Å²) in [6.07, 6.45) is 3.46. The number of likely N-dealkylation sites (tertiary alicyclic amines) is 1. The number of nitrogens with one attached hydrogen (secondary N) is 1. The highest BCUT2D eigenvalue weighted by molar-refractivity contribution is 5.93. The van der Waals surface area contributed by atoms with E-state index in [0.29, 0.717) is 12.1 Å². The fourth-order valence-electron chi connectivity index (χ4n) is 2.90. The lowest BCUT2D eigenvalue weighted by Gasteiger charge is -2.32. The molecule has 126 valence electrons. The SMILES string of the molecule is CNC(=O)c1ccc(CN(C)C(C)C(=O)N2CCCCC2)cc1. The molecule has 0 saturated carbocycles. The predicted molar refractivity (Wildman–Crippen MR) is 91.2 cm³/mol. The van der Waals surface area contributed by atoms with Crippen molar-refractivity contribution in [1.29, 1.82) is 0 Å². The van der Waals surface area contributed by atoms with Gasteiger partial charge in [-0.3, -0.25) is 14.5 Å². The minimum absolute atomic E-state index is 0.0847. The van der Waals surface area contributed by atoms with E-state index in [0.717, 1.165) is 31.5 Å². The molecule has 2 rings (SSSR count). The molecule has 0 radical (unpaired) electrons. The Morgan fingerprint density at radius 1 is 1.17 bits per heavy atom. The van der Waals surface area contributed by atoms with Crippen LogP contribution >= 0.6 is 0 Å². The third-order valence-electron chi connectivity index (χ3n) is 4.56. The van der Waals surface area contributed by atoms with Crippen molar-refractivity contribution in [2.75, 3.05) is 27.2 Å². The molecule has 1 fully saturated rings. The molecule has 0 bridgehead atoms. The molecule has 23 heavy (non-hydrogen) atoms. The van der Waals surface area contributed by atoms with Gasteiger partial charge in [0.05, 0.1) is 6.04 Å². The average Bonchev–Trinajstić information content (AvgIpc) is 2.61. The van der Waals surface area contributed by atoms with Crippen LogP contribution in [0.4, 0.5) is 0 Å². The Morgan fingerprint density at radius 2 is 1.78 bits per heavy atom. The molecule has 1 aliphatic heterocycles. The van der Waals surface area contributed by atoms with Crippen molar-refractivity contribution in [2.24, 2.45) is 0 Å². The molecular formula is C18H27N3O2. The zero-order valence-corrected chi connectivity index (χ0v) is 14.3. The van der Waals surface area contributed by atoms with E-state index >= 15 is 0 Å². The number of likely N-dealkylation sites (N-methyl/N-ethyl adjacent to an activating group) is 1. The number of benzene rings is 1. The van der Waals surface area contributed by atoms with E-state index in [4.69, 9.17) is 0 Å². The van der Waals surface area contributed by atoms with Gasteiger partial charge in [-0.25, -0.2) is 0 Å². The maximum Gasteiger partial charge on any atom is 0.251 e. The van der Waals surface area contributed by atoms with Crippen LogP contribution in [0.1, 0.15) is 42.1 Å². The number of rotatable bonds is 5. The molecule has 1 atom stereocenters. The van der Waals surface area contributed by atoms with E-state index in [9.17, 15) is 9.59 Å². The molecule has 0 aromatic heterocycles. The summed E-state index contributed by atoms with van der Waals surface area (Å²) < 4.78 is 0. The van der Waals surface area contributed by atoms with E-state index in [2.05, 4.69) is 10.2 Å². The van der Waals surface area contributed by atoms with Crippen molar-refractivity contribution in [2.45, 2.75) is 38.8 Å². The van der Waals surface area contributed by atoms with Crippen molar-refractivity contribution in [3.05, 3.63) is 35.4 Å². The third-order valence-corrected chi connectivity index (χ3v) is 4.56. The molecular weight excluding hydrogens is 290 g/mol. The largest absolute Gasteiger partial charge is 0.355 e. The maximum atomic E-state index is 12.5. The topological polar surface area (TPSA) is 52.7 Å². The summed E-state index contributed by atoms with van der Waals surface area (Å²) in [5.41, 5.74) is 1.75. The van der Waals surface area contributed by atoms with Crippen molar-refractivity contribution in [3.8, 4) is 0 Å². The number of hydrogen-bond donors (Lipinski definition) is 1. The van der Waals surface area contributed by atoms with Crippen LogP contribution in [-0.4, -0.2) is 54.8 Å². The Labute approximate surface area is 138 Å². The van der Waals surface area contributed by atoms with Gasteiger partial charge >= 0.3 is 0 Å². The Bertz CT molecular complexity index is 536. The highest BCUT2D eigenvalue weighted by atomic mass is 16.2. The van der Waals surface area contributed by atoms with Crippen LogP contribution in [0.2, 0.25) is 0 Å². The Kier molecular flexibility index (Phi) is 6.16. The average molecular weight is 317 g/mol. The summed E-state index contributed by atoms with van der Waals surface area (Å²) in [6.45, 7) is 4.43. The van der Waals surface area contributed by atoms with Gasteiger partial charge in [-0.2, -0.15) is 0 Å². The van der Waals surface area contributed by atoms with Gasteiger partial charge in [-0.1, -0.05) is 12.1 Å². The zero-order chi connectivity index (χ0) is 16.8. The molecule has 0 spiro atoms. The van der Waals surface area contributed by atoms with Crippen LogP contribution in [-0.2, 0) is 11.3 Å². The number of carbonyl (C=O) groups is 2. The lowest BCUT2D eigenvalue weighted by Crippen LogP contribution is -2.47. The Morgan fingerprint density at radius 3 is 2.35 bits per heavy atom. The van der Waals surface area contributed by atoms with Gasteiger partial charge in [0, 0.05) is 32.2 Å². The quantitative estimate of drug-likeness (QED) is 0.902. The summed E-state index contributed by atoms with van der Waals surface area (Å²) in [5.74, 6) is 0.132. The summed E-state index contributed by atoms with van der Waals surface area (Å²) in [7, 11) is 3.59. The zero-order valence-electron chi connectivity index (χ0n) is 14.3. The second kappa shape index (κ2) is 8.11. The summed E-state index contributed by atoms with van der Waals surface area (Å²) in [6, 6.07) is 7.39. The molecule has 1 heterocycles. The molecule has 1 aromatic rings. The predicted octanol–water partition coefficient (Wildman–Crippen LogP) is 1.88. The number of amides is 2. The second-order valence-electron chi connectivity index (χ2n) is 6.25. The van der Waals surface area contributed by atoms with Gasteiger partial charge in [0.1, 0.15) is 0 Å². The van der Waals surface area contributed by atoms with E-state index in [1.54, 1.807) is 7.05 Å². The van der Waals surface area contributed by atoms with Crippen molar-refractivity contribution in [3.63, 3.8) is 0 Å². The smallest absolute Gasteiger partial charge is 0.251 e.